The van der Waals surface area contributed by atoms with Crippen LogP contribution in [0.1, 0.15) is 0 Å². The first-order chi connectivity index (χ1) is 9.86. The van der Waals surface area contributed by atoms with E-state index >= 15 is 0 Å². The van der Waals surface area contributed by atoms with Crippen LogP contribution in [0.15, 0.2) is 54.9 Å². The minimum absolute atomic E-state index is 0.0492. The Morgan fingerprint density at radius 1 is 1.15 bits per heavy atom. The molecule has 1 N–H and O–H groups in total. The zero-order valence-corrected chi connectivity index (χ0v) is 11.5. The van der Waals surface area contributed by atoms with Gasteiger partial charge in [-0.05, 0) is 29.7 Å². The Morgan fingerprint density at radius 2 is 2.05 bits per heavy atom. The highest BCUT2D eigenvalue weighted by Gasteiger charge is 2.10. The third kappa shape index (κ3) is 1.66. The van der Waals surface area contributed by atoms with Gasteiger partial charge in [0.15, 0.2) is 0 Å². The van der Waals surface area contributed by atoms with Crippen molar-refractivity contribution in [2.45, 2.75) is 6.73 Å². The zero-order valence-electron chi connectivity index (χ0n) is 10.7. The van der Waals surface area contributed by atoms with E-state index in [9.17, 15) is 5.11 Å². The Labute approximate surface area is 119 Å². The third-order valence-electron chi connectivity index (χ3n) is 3.51. The molecule has 0 amide bonds. The molecule has 0 unspecified atom stereocenters. The molecule has 20 heavy (non-hydrogen) atoms. The van der Waals surface area contributed by atoms with Crippen molar-refractivity contribution in [3.8, 4) is 10.4 Å². The molecule has 3 nitrogen and oxygen atoms in total. The fourth-order valence-electron chi connectivity index (χ4n) is 2.53. The first-order valence-electron chi connectivity index (χ1n) is 6.40. The van der Waals surface area contributed by atoms with Gasteiger partial charge < -0.3 is 9.67 Å². The molecule has 1 aromatic carbocycles. The summed E-state index contributed by atoms with van der Waals surface area (Å²) in [6.07, 6.45) is 3.67. The number of hydrogen-bond acceptors (Lipinski definition) is 3. The van der Waals surface area contributed by atoms with Gasteiger partial charge in [0.05, 0.1) is 0 Å². The molecule has 0 aliphatic carbocycles. The van der Waals surface area contributed by atoms with Crippen LogP contribution in [-0.2, 0) is 6.73 Å². The van der Waals surface area contributed by atoms with Gasteiger partial charge in [-0.15, -0.1) is 11.3 Å². The molecule has 0 aliphatic rings. The van der Waals surface area contributed by atoms with E-state index in [1.165, 1.54) is 20.5 Å². The lowest BCUT2D eigenvalue weighted by molar-refractivity contribution is 0.215. The average Bonchev–Trinajstić information content (AvgIpc) is 3.10. The van der Waals surface area contributed by atoms with Crippen molar-refractivity contribution < 1.29 is 5.11 Å². The number of benzene rings is 1. The Kier molecular flexibility index (Phi) is 2.58. The molecule has 0 atom stereocenters. The first kappa shape index (κ1) is 11.6. The highest BCUT2D eigenvalue weighted by Crippen LogP contribution is 2.36. The number of thiophene rings is 1. The van der Waals surface area contributed by atoms with Crippen molar-refractivity contribution in [1.29, 1.82) is 0 Å². The van der Waals surface area contributed by atoms with E-state index in [0.717, 1.165) is 11.0 Å². The lowest BCUT2D eigenvalue weighted by Crippen LogP contribution is -1.95. The highest BCUT2D eigenvalue weighted by molar-refractivity contribution is 7.22. The van der Waals surface area contributed by atoms with Gasteiger partial charge in [-0.25, -0.2) is 4.98 Å². The van der Waals surface area contributed by atoms with Gasteiger partial charge >= 0.3 is 0 Å². The van der Waals surface area contributed by atoms with Gasteiger partial charge in [0.1, 0.15) is 12.4 Å². The molecule has 4 heteroatoms. The van der Waals surface area contributed by atoms with E-state index in [4.69, 9.17) is 0 Å². The lowest BCUT2D eigenvalue weighted by Gasteiger charge is -2.02. The number of pyridine rings is 1. The van der Waals surface area contributed by atoms with Crippen LogP contribution in [0.4, 0.5) is 0 Å². The number of fused-ring (bicyclic) bond motifs is 2. The number of hydrogen-bond donors (Lipinski definition) is 1. The van der Waals surface area contributed by atoms with Crippen LogP contribution < -0.4 is 0 Å². The lowest BCUT2D eigenvalue weighted by atomic mass is 10.1. The fraction of sp³-hybridized carbons (Fsp3) is 0.0625. The molecule has 4 rings (SSSR count). The second-order valence-electron chi connectivity index (χ2n) is 4.67. The summed E-state index contributed by atoms with van der Waals surface area (Å²) in [5, 5.41) is 11.7. The molecule has 3 heterocycles. The van der Waals surface area contributed by atoms with Gasteiger partial charge in [0, 0.05) is 32.9 Å². The Morgan fingerprint density at radius 3 is 2.90 bits per heavy atom. The highest BCUT2D eigenvalue weighted by atomic mass is 32.1. The van der Waals surface area contributed by atoms with E-state index in [1.54, 1.807) is 22.1 Å². The van der Waals surface area contributed by atoms with Crippen molar-refractivity contribution in [2.24, 2.45) is 0 Å². The third-order valence-corrected chi connectivity index (χ3v) is 4.66. The molecule has 0 radical (unpaired) electrons. The number of aliphatic hydroxyl groups excluding tert-OH is 1. The summed E-state index contributed by atoms with van der Waals surface area (Å²) >= 11 is 1.78. The predicted molar refractivity (Wildman–Crippen MR) is 82.8 cm³/mol. The summed E-state index contributed by atoms with van der Waals surface area (Å²) in [6, 6.07) is 14.7. The van der Waals surface area contributed by atoms with Crippen LogP contribution in [0.2, 0.25) is 0 Å². The fourth-order valence-corrected chi connectivity index (χ4v) is 3.64. The maximum Gasteiger partial charge on any atom is 0.142 e. The summed E-state index contributed by atoms with van der Waals surface area (Å²) in [4.78, 5) is 5.59. The van der Waals surface area contributed by atoms with E-state index in [0.29, 0.717) is 0 Å². The summed E-state index contributed by atoms with van der Waals surface area (Å²) in [5.74, 6) is 0. The zero-order chi connectivity index (χ0) is 13.5. The van der Waals surface area contributed by atoms with Gasteiger partial charge in [-0.1, -0.05) is 18.2 Å². The SMILES string of the molecule is OCn1ccc2c(-c3cc4ccccc4s3)ccnc21. The molecule has 98 valence electrons. The van der Waals surface area contributed by atoms with Crippen LogP contribution in [-0.4, -0.2) is 14.7 Å². The smallest absolute Gasteiger partial charge is 0.142 e. The van der Waals surface area contributed by atoms with Crippen molar-refractivity contribution in [3.63, 3.8) is 0 Å². The molecular weight excluding hydrogens is 268 g/mol. The number of aliphatic hydroxyl groups is 1. The molecule has 0 saturated carbocycles. The second kappa shape index (κ2) is 4.44. The van der Waals surface area contributed by atoms with Gasteiger partial charge in [-0.2, -0.15) is 0 Å². The maximum atomic E-state index is 9.33. The van der Waals surface area contributed by atoms with Crippen LogP contribution >= 0.6 is 11.3 Å². The second-order valence-corrected chi connectivity index (χ2v) is 5.75. The number of aromatic nitrogens is 2. The van der Waals surface area contributed by atoms with E-state index in [-0.39, 0.29) is 6.73 Å². The van der Waals surface area contributed by atoms with Crippen LogP contribution in [0, 0.1) is 0 Å². The average molecular weight is 280 g/mol. The van der Waals surface area contributed by atoms with Crippen molar-refractivity contribution in [2.75, 3.05) is 0 Å². The number of nitrogens with zero attached hydrogens (tertiary/aromatic N) is 2. The molecule has 3 aromatic heterocycles. The first-order valence-corrected chi connectivity index (χ1v) is 7.22. The maximum absolute atomic E-state index is 9.33. The van der Waals surface area contributed by atoms with Gasteiger partial charge in [0.25, 0.3) is 0 Å². The predicted octanol–water partition coefficient (Wildman–Crippen LogP) is 3.87. The van der Waals surface area contributed by atoms with E-state index in [1.807, 2.05) is 18.3 Å². The van der Waals surface area contributed by atoms with Gasteiger partial charge in [-0.3, -0.25) is 0 Å². The number of rotatable bonds is 2. The molecule has 0 saturated heterocycles. The molecule has 4 aromatic rings. The minimum Gasteiger partial charge on any atom is -0.376 e. The summed E-state index contributed by atoms with van der Waals surface area (Å²) in [7, 11) is 0. The Bertz CT molecular complexity index is 874. The molecule has 0 bridgehead atoms. The van der Waals surface area contributed by atoms with Crippen molar-refractivity contribution in [3.05, 3.63) is 54.9 Å². The summed E-state index contributed by atoms with van der Waals surface area (Å²) in [6.45, 7) is -0.0492. The van der Waals surface area contributed by atoms with Crippen LogP contribution in [0.5, 0.6) is 0 Å². The van der Waals surface area contributed by atoms with Crippen LogP contribution in [0.3, 0.4) is 0 Å². The van der Waals surface area contributed by atoms with Crippen molar-refractivity contribution in [1.82, 2.24) is 9.55 Å². The quantitative estimate of drug-likeness (QED) is 0.605. The summed E-state index contributed by atoms with van der Waals surface area (Å²) < 4.78 is 3.03. The van der Waals surface area contributed by atoms with E-state index in [2.05, 4.69) is 35.3 Å². The van der Waals surface area contributed by atoms with Crippen LogP contribution in [0.25, 0.3) is 31.6 Å². The monoisotopic (exact) mass is 280 g/mol. The Balaban J connectivity index is 1.99. The molecule has 0 aliphatic heterocycles. The van der Waals surface area contributed by atoms with E-state index < -0.39 is 0 Å². The molecule has 0 fully saturated rings. The normalized spacial score (nSPS) is 11.4. The molecular formula is C16H12N2OS. The summed E-state index contributed by atoms with van der Waals surface area (Å²) in [5.41, 5.74) is 1.99. The standard InChI is InChI=1S/C16H12N2OS/c19-10-18-8-6-13-12(5-7-17-16(13)18)15-9-11-3-1-2-4-14(11)20-15/h1-9,19H,10H2. The largest absolute Gasteiger partial charge is 0.376 e. The topological polar surface area (TPSA) is 38.0 Å². The Hall–Kier alpha value is -2.17. The van der Waals surface area contributed by atoms with Crippen molar-refractivity contribution >= 4 is 32.5 Å². The molecule has 0 spiro atoms. The minimum atomic E-state index is -0.0492. The van der Waals surface area contributed by atoms with Gasteiger partial charge in [0.2, 0.25) is 0 Å².